The molecule has 0 atom stereocenters. The van der Waals surface area contributed by atoms with Gasteiger partial charge < -0.3 is 15.3 Å². The van der Waals surface area contributed by atoms with E-state index in [1.807, 2.05) is 0 Å². The largest absolute Gasteiger partial charge is 0.618 e. The lowest BCUT2D eigenvalue weighted by Gasteiger charge is -2.27. The number of amides is 1. The maximum Gasteiger partial charge on any atom is 0.408 e. The number of carbonyl (C=O) groups excluding carboxylic acids is 1. The zero-order valence-electron chi connectivity index (χ0n) is 11.5. The van der Waals surface area contributed by atoms with Gasteiger partial charge in [-0.25, -0.2) is 4.79 Å². The first kappa shape index (κ1) is 14.3. The number of ether oxygens (including phenoxy) is 1. The molecular weight excluding hydrogens is 232 g/mol. The Morgan fingerprint density at radius 2 is 1.89 bits per heavy atom. The Bertz CT molecular complexity index is 436. The van der Waals surface area contributed by atoms with Crippen LogP contribution in [0.25, 0.3) is 0 Å². The van der Waals surface area contributed by atoms with Crippen LogP contribution in [0.4, 0.5) is 4.79 Å². The Morgan fingerprint density at radius 3 is 2.39 bits per heavy atom. The number of nitrogens with one attached hydrogen (secondary N) is 1. The van der Waals surface area contributed by atoms with Crippen LogP contribution >= 0.6 is 0 Å². The number of rotatable bonds is 2. The summed E-state index contributed by atoms with van der Waals surface area (Å²) in [5, 5.41) is 14.3. The average Bonchev–Trinajstić information content (AvgIpc) is 2.13. The summed E-state index contributed by atoms with van der Waals surface area (Å²) in [7, 11) is 0. The molecule has 1 aromatic heterocycles. The number of hydrogen-bond donors (Lipinski definition) is 1. The summed E-state index contributed by atoms with van der Waals surface area (Å²) < 4.78 is 5.91. The van der Waals surface area contributed by atoms with Crippen molar-refractivity contribution in [3.8, 4) is 0 Å². The summed E-state index contributed by atoms with van der Waals surface area (Å²) in [6, 6.07) is 5.06. The Labute approximate surface area is 107 Å². The van der Waals surface area contributed by atoms with Crippen LogP contribution in [0.5, 0.6) is 0 Å². The predicted octanol–water partition coefficient (Wildman–Crippen LogP) is 2.08. The van der Waals surface area contributed by atoms with E-state index in [0.717, 1.165) is 4.73 Å². The van der Waals surface area contributed by atoms with Gasteiger partial charge in [-0.2, -0.15) is 4.73 Å². The Balaban J connectivity index is 2.83. The lowest BCUT2D eigenvalue weighted by atomic mass is 10.0. The molecular formula is C13H20N2O3. The van der Waals surface area contributed by atoms with Crippen molar-refractivity contribution in [1.29, 1.82) is 0 Å². The first-order valence-corrected chi connectivity index (χ1v) is 5.82. The topological polar surface area (TPSA) is 65.3 Å². The highest BCUT2D eigenvalue weighted by molar-refractivity contribution is 5.68. The number of pyridine rings is 1. The first-order valence-electron chi connectivity index (χ1n) is 5.82. The van der Waals surface area contributed by atoms with Crippen LogP contribution < -0.4 is 10.0 Å². The number of hydrogen-bond acceptors (Lipinski definition) is 3. The Morgan fingerprint density at radius 1 is 1.28 bits per heavy atom. The Kier molecular flexibility index (Phi) is 3.84. The van der Waals surface area contributed by atoms with Crippen LogP contribution in [0.3, 0.4) is 0 Å². The van der Waals surface area contributed by atoms with Crippen molar-refractivity contribution in [3.63, 3.8) is 0 Å². The van der Waals surface area contributed by atoms with Crippen molar-refractivity contribution in [2.45, 2.75) is 45.8 Å². The van der Waals surface area contributed by atoms with Gasteiger partial charge >= 0.3 is 6.09 Å². The summed E-state index contributed by atoms with van der Waals surface area (Å²) in [5.41, 5.74) is -0.911. The third kappa shape index (κ3) is 3.91. The van der Waals surface area contributed by atoms with Crippen LogP contribution in [-0.4, -0.2) is 11.7 Å². The van der Waals surface area contributed by atoms with E-state index in [1.54, 1.807) is 52.8 Å². The van der Waals surface area contributed by atoms with Gasteiger partial charge in [0, 0.05) is 12.1 Å². The number of alkyl carbamates (subject to hydrolysis) is 1. The van der Waals surface area contributed by atoms with Gasteiger partial charge in [0.15, 0.2) is 6.20 Å². The summed E-state index contributed by atoms with van der Waals surface area (Å²) >= 11 is 0. The van der Waals surface area contributed by atoms with Gasteiger partial charge in [-0.1, -0.05) is 0 Å². The number of carbonyl (C=O) groups is 1. The standard InChI is InChI=1S/C13H20N2O3/c1-12(2,3)18-11(16)14-13(4,5)10-8-6-7-9-15(10)17/h6-9H,1-5H3,(H,14,16). The molecule has 5 heteroatoms. The second-order valence-electron chi connectivity index (χ2n) is 5.66. The minimum Gasteiger partial charge on any atom is -0.618 e. The van der Waals surface area contributed by atoms with Crippen molar-refractivity contribution < 1.29 is 14.3 Å². The van der Waals surface area contributed by atoms with Gasteiger partial charge in [-0.15, -0.1) is 0 Å². The molecule has 100 valence electrons. The zero-order valence-corrected chi connectivity index (χ0v) is 11.5. The quantitative estimate of drug-likeness (QED) is 0.647. The highest BCUT2D eigenvalue weighted by Gasteiger charge is 2.32. The third-order valence-electron chi connectivity index (χ3n) is 2.28. The average molecular weight is 252 g/mol. The van der Waals surface area contributed by atoms with Gasteiger partial charge in [-0.3, -0.25) is 0 Å². The van der Waals surface area contributed by atoms with Crippen LogP contribution in [0.15, 0.2) is 24.4 Å². The van der Waals surface area contributed by atoms with E-state index in [0.29, 0.717) is 5.69 Å². The molecule has 0 saturated heterocycles. The second-order valence-corrected chi connectivity index (χ2v) is 5.66. The molecule has 1 amide bonds. The molecule has 1 aromatic rings. The summed E-state index contributed by atoms with van der Waals surface area (Å²) in [6.45, 7) is 8.86. The zero-order chi connectivity index (χ0) is 14.0. The van der Waals surface area contributed by atoms with E-state index in [4.69, 9.17) is 4.74 Å². The molecule has 0 bridgehead atoms. The maximum absolute atomic E-state index is 11.7. The minimum absolute atomic E-state index is 0.454. The van der Waals surface area contributed by atoms with Gasteiger partial charge in [0.2, 0.25) is 5.69 Å². The van der Waals surface area contributed by atoms with Crippen LogP contribution in [0.2, 0.25) is 0 Å². The first-order chi connectivity index (χ1) is 8.12. The lowest BCUT2D eigenvalue weighted by molar-refractivity contribution is -0.618. The molecule has 0 saturated carbocycles. The van der Waals surface area contributed by atoms with Crippen molar-refractivity contribution in [3.05, 3.63) is 35.3 Å². The SMILES string of the molecule is CC(C)(C)OC(=O)NC(C)(C)c1cccc[n+]1[O-]. The maximum atomic E-state index is 11.7. The van der Waals surface area contributed by atoms with Crippen molar-refractivity contribution in [2.24, 2.45) is 0 Å². The van der Waals surface area contributed by atoms with E-state index in [1.165, 1.54) is 6.20 Å². The molecule has 1 rings (SSSR count). The molecule has 0 aliphatic carbocycles. The fraction of sp³-hybridized carbons (Fsp3) is 0.538. The van der Waals surface area contributed by atoms with Crippen molar-refractivity contribution >= 4 is 6.09 Å². The number of nitrogens with zero attached hydrogens (tertiary/aromatic N) is 1. The predicted molar refractivity (Wildman–Crippen MR) is 67.8 cm³/mol. The second kappa shape index (κ2) is 4.84. The molecule has 18 heavy (non-hydrogen) atoms. The summed E-state index contributed by atoms with van der Waals surface area (Å²) in [4.78, 5) is 11.7. The van der Waals surface area contributed by atoms with Crippen LogP contribution in [0.1, 0.15) is 40.3 Å². The van der Waals surface area contributed by atoms with Crippen LogP contribution in [-0.2, 0) is 10.3 Å². The fourth-order valence-corrected chi connectivity index (χ4v) is 1.53. The lowest BCUT2D eigenvalue weighted by Crippen LogP contribution is -2.50. The van der Waals surface area contributed by atoms with Gasteiger partial charge in [-0.05, 0) is 40.7 Å². The van der Waals surface area contributed by atoms with Gasteiger partial charge in [0.25, 0.3) is 0 Å². The van der Waals surface area contributed by atoms with E-state index in [9.17, 15) is 10.0 Å². The Hall–Kier alpha value is -1.78. The molecule has 0 radical (unpaired) electrons. The van der Waals surface area contributed by atoms with Crippen molar-refractivity contribution in [2.75, 3.05) is 0 Å². The third-order valence-corrected chi connectivity index (χ3v) is 2.28. The molecule has 0 aliphatic heterocycles. The fourth-order valence-electron chi connectivity index (χ4n) is 1.53. The van der Waals surface area contributed by atoms with Crippen molar-refractivity contribution in [1.82, 2.24) is 5.32 Å². The molecule has 0 unspecified atom stereocenters. The van der Waals surface area contributed by atoms with Gasteiger partial charge in [0.05, 0.1) is 0 Å². The highest BCUT2D eigenvalue weighted by Crippen LogP contribution is 2.17. The normalized spacial score (nSPS) is 12.1. The van der Waals surface area contributed by atoms with Crippen LogP contribution in [0, 0.1) is 5.21 Å². The van der Waals surface area contributed by atoms with E-state index in [-0.39, 0.29) is 0 Å². The van der Waals surface area contributed by atoms with E-state index >= 15 is 0 Å². The van der Waals surface area contributed by atoms with E-state index in [2.05, 4.69) is 5.32 Å². The molecule has 0 fully saturated rings. The molecule has 0 spiro atoms. The highest BCUT2D eigenvalue weighted by atomic mass is 16.6. The smallest absolute Gasteiger partial charge is 0.408 e. The van der Waals surface area contributed by atoms with E-state index < -0.39 is 17.2 Å². The minimum atomic E-state index is -0.800. The van der Waals surface area contributed by atoms with Gasteiger partial charge in [0.1, 0.15) is 11.1 Å². The molecule has 5 nitrogen and oxygen atoms in total. The monoisotopic (exact) mass is 252 g/mol. The summed E-state index contributed by atoms with van der Waals surface area (Å²) in [6.07, 6.45) is 0.852. The molecule has 1 heterocycles. The molecule has 0 aliphatic rings. The summed E-state index contributed by atoms with van der Waals surface area (Å²) in [5.74, 6) is 0. The molecule has 1 N–H and O–H groups in total. The molecule has 0 aromatic carbocycles. The number of aromatic nitrogens is 1.